The number of carbonyl (C=O) groups excluding carboxylic acids is 1. The van der Waals surface area contributed by atoms with Crippen molar-refractivity contribution in [2.75, 3.05) is 13.7 Å². The Balaban J connectivity index is 0.00000242. The van der Waals surface area contributed by atoms with E-state index in [0.717, 1.165) is 11.1 Å². The number of amides is 1. The molecule has 2 aromatic rings. The topological polar surface area (TPSA) is 119 Å². The zero-order valence-corrected chi connectivity index (χ0v) is 13.0. The number of tetrazole rings is 1. The van der Waals surface area contributed by atoms with Crippen molar-refractivity contribution in [3.63, 3.8) is 0 Å². The lowest BCUT2D eigenvalue weighted by molar-refractivity contribution is -0.123. The number of hydrogen-bond donors (Lipinski definition) is 3. The maximum atomic E-state index is 11.7. The van der Waals surface area contributed by atoms with Crippen LogP contribution in [0.15, 0.2) is 24.3 Å². The van der Waals surface area contributed by atoms with Crippen LogP contribution < -0.4 is 11.1 Å². The number of rotatable bonds is 7. The van der Waals surface area contributed by atoms with Gasteiger partial charge >= 0.3 is 0 Å². The molecule has 0 aliphatic carbocycles. The highest BCUT2D eigenvalue weighted by Gasteiger charge is 2.11. The molecule has 0 spiro atoms. The monoisotopic (exact) mass is 326 g/mol. The van der Waals surface area contributed by atoms with Gasteiger partial charge in [0, 0.05) is 25.8 Å². The van der Waals surface area contributed by atoms with Crippen LogP contribution in [0.5, 0.6) is 0 Å². The predicted molar refractivity (Wildman–Crippen MR) is 83.2 cm³/mol. The summed E-state index contributed by atoms with van der Waals surface area (Å²) in [5.41, 5.74) is 7.32. The third-order valence-electron chi connectivity index (χ3n) is 3.06. The van der Waals surface area contributed by atoms with Crippen LogP contribution in [0.25, 0.3) is 11.4 Å². The SMILES string of the molecule is COC(CN)CC(=O)NCc1ccc(-c2nn[nH]n2)cc1.Cl. The number of nitrogens with one attached hydrogen (secondary N) is 2. The summed E-state index contributed by atoms with van der Waals surface area (Å²) < 4.78 is 5.07. The van der Waals surface area contributed by atoms with E-state index in [0.29, 0.717) is 18.9 Å². The summed E-state index contributed by atoms with van der Waals surface area (Å²) in [5, 5.41) is 16.5. The number of hydrogen-bond acceptors (Lipinski definition) is 6. The molecule has 9 heteroatoms. The number of carbonyl (C=O) groups is 1. The standard InChI is InChI=1S/C13H18N6O2.ClH/c1-21-11(7-14)6-12(20)15-8-9-2-4-10(5-3-9)13-16-18-19-17-13;/h2-5,11H,6-8,14H2,1H3,(H,15,20)(H,16,17,18,19);1H. The maximum absolute atomic E-state index is 11.7. The summed E-state index contributed by atoms with van der Waals surface area (Å²) in [7, 11) is 1.54. The van der Waals surface area contributed by atoms with Crippen LogP contribution in [-0.2, 0) is 16.1 Å². The van der Waals surface area contributed by atoms with E-state index in [1.807, 2.05) is 24.3 Å². The Bertz CT molecular complexity index is 556. The van der Waals surface area contributed by atoms with Gasteiger partial charge in [-0.3, -0.25) is 4.79 Å². The Morgan fingerprint density at radius 3 is 2.68 bits per heavy atom. The van der Waals surface area contributed by atoms with E-state index in [-0.39, 0.29) is 30.8 Å². The van der Waals surface area contributed by atoms with Crippen LogP contribution in [0.1, 0.15) is 12.0 Å². The summed E-state index contributed by atoms with van der Waals surface area (Å²) >= 11 is 0. The summed E-state index contributed by atoms with van der Waals surface area (Å²) in [4.78, 5) is 11.7. The fourth-order valence-corrected chi connectivity index (χ4v) is 1.80. The van der Waals surface area contributed by atoms with Crippen LogP contribution in [-0.4, -0.2) is 46.3 Å². The van der Waals surface area contributed by atoms with E-state index < -0.39 is 0 Å². The van der Waals surface area contributed by atoms with E-state index in [4.69, 9.17) is 10.5 Å². The van der Waals surface area contributed by atoms with Gasteiger partial charge in [0.15, 0.2) is 0 Å². The van der Waals surface area contributed by atoms with Crippen molar-refractivity contribution < 1.29 is 9.53 Å². The van der Waals surface area contributed by atoms with Crippen molar-refractivity contribution in [3.8, 4) is 11.4 Å². The second-order valence-corrected chi connectivity index (χ2v) is 4.51. The number of H-pyrrole nitrogens is 1. The van der Waals surface area contributed by atoms with Crippen molar-refractivity contribution in [1.82, 2.24) is 25.9 Å². The normalized spacial score (nSPS) is 11.5. The number of ether oxygens (including phenoxy) is 1. The van der Waals surface area contributed by atoms with Gasteiger partial charge in [0.1, 0.15) is 0 Å². The molecule has 0 aliphatic rings. The minimum atomic E-state index is -0.245. The van der Waals surface area contributed by atoms with E-state index in [1.54, 1.807) is 7.11 Å². The molecule has 4 N–H and O–H groups in total. The van der Waals surface area contributed by atoms with Gasteiger partial charge in [-0.15, -0.1) is 22.6 Å². The fraction of sp³-hybridized carbons (Fsp3) is 0.385. The molecule has 0 aliphatic heterocycles. The average molecular weight is 327 g/mol. The second-order valence-electron chi connectivity index (χ2n) is 4.51. The first-order valence-electron chi connectivity index (χ1n) is 6.55. The van der Waals surface area contributed by atoms with Crippen LogP contribution >= 0.6 is 12.4 Å². The predicted octanol–water partition coefficient (Wildman–Crippen LogP) is 0.269. The zero-order chi connectivity index (χ0) is 15.1. The van der Waals surface area contributed by atoms with Gasteiger partial charge in [0.05, 0.1) is 12.5 Å². The zero-order valence-electron chi connectivity index (χ0n) is 12.2. The highest BCUT2D eigenvalue weighted by Crippen LogP contribution is 2.13. The molecular formula is C13H19ClN6O2. The molecule has 0 bridgehead atoms. The fourth-order valence-electron chi connectivity index (χ4n) is 1.80. The summed E-state index contributed by atoms with van der Waals surface area (Å²) in [5.74, 6) is 0.450. The largest absolute Gasteiger partial charge is 0.380 e. The van der Waals surface area contributed by atoms with Crippen LogP contribution in [0, 0.1) is 0 Å². The molecule has 0 fully saturated rings. The van der Waals surface area contributed by atoms with Crippen LogP contribution in [0.3, 0.4) is 0 Å². The summed E-state index contributed by atoms with van der Waals surface area (Å²) in [6, 6.07) is 7.57. The minimum absolute atomic E-state index is 0. The molecule has 1 atom stereocenters. The van der Waals surface area contributed by atoms with Crippen molar-refractivity contribution >= 4 is 18.3 Å². The molecule has 120 valence electrons. The molecule has 1 aromatic heterocycles. The van der Waals surface area contributed by atoms with Gasteiger partial charge in [-0.1, -0.05) is 24.3 Å². The second kappa shape index (κ2) is 9.08. The Labute approximate surface area is 134 Å². The molecule has 1 aromatic carbocycles. The maximum Gasteiger partial charge on any atom is 0.222 e. The van der Waals surface area contributed by atoms with Crippen molar-refractivity contribution in [3.05, 3.63) is 29.8 Å². The first-order valence-corrected chi connectivity index (χ1v) is 6.55. The van der Waals surface area contributed by atoms with Crippen molar-refractivity contribution in [2.24, 2.45) is 5.73 Å². The molecule has 1 heterocycles. The molecular weight excluding hydrogens is 308 g/mol. The van der Waals surface area contributed by atoms with Gasteiger partial charge in [-0.05, 0) is 10.8 Å². The molecule has 0 saturated carbocycles. The number of nitrogens with zero attached hydrogens (tertiary/aromatic N) is 3. The van der Waals surface area contributed by atoms with Gasteiger partial charge in [0.2, 0.25) is 11.7 Å². The molecule has 0 radical (unpaired) electrons. The van der Waals surface area contributed by atoms with E-state index in [9.17, 15) is 4.79 Å². The number of aromatic nitrogens is 4. The average Bonchev–Trinajstić information content (AvgIpc) is 3.05. The number of methoxy groups -OCH3 is 1. The summed E-state index contributed by atoms with van der Waals surface area (Å²) in [6.45, 7) is 0.773. The lowest BCUT2D eigenvalue weighted by Gasteiger charge is -2.12. The quantitative estimate of drug-likeness (QED) is 0.672. The Morgan fingerprint density at radius 2 is 2.14 bits per heavy atom. The smallest absolute Gasteiger partial charge is 0.222 e. The van der Waals surface area contributed by atoms with Gasteiger partial charge in [-0.2, -0.15) is 5.21 Å². The van der Waals surface area contributed by atoms with E-state index >= 15 is 0 Å². The molecule has 0 saturated heterocycles. The lowest BCUT2D eigenvalue weighted by Crippen LogP contribution is -2.31. The van der Waals surface area contributed by atoms with Crippen molar-refractivity contribution in [1.29, 1.82) is 0 Å². The Kier molecular flexibility index (Phi) is 7.44. The first-order chi connectivity index (χ1) is 10.2. The number of nitrogens with two attached hydrogens (primary N) is 1. The highest BCUT2D eigenvalue weighted by molar-refractivity contribution is 5.85. The van der Waals surface area contributed by atoms with Crippen LogP contribution in [0.4, 0.5) is 0 Å². The lowest BCUT2D eigenvalue weighted by atomic mass is 10.1. The molecule has 8 nitrogen and oxygen atoms in total. The van der Waals surface area contributed by atoms with Gasteiger partial charge < -0.3 is 15.8 Å². The van der Waals surface area contributed by atoms with E-state index in [2.05, 4.69) is 25.9 Å². The van der Waals surface area contributed by atoms with E-state index in [1.165, 1.54) is 0 Å². The summed E-state index contributed by atoms with van der Waals surface area (Å²) in [6.07, 6.45) is 0.0131. The minimum Gasteiger partial charge on any atom is -0.380 e. The molecule has 2 rings (SSSR count). The third-order valence-corrected chi connectivity index (χ3v) is 3.06. The first kappa shape index (κ1) is 18.0. The number of halogens is 1. The van der Waals surface area contributed by atoms with Crippen LogP contribution in [0.2, 0.25) is 0 Å². The number of benzene rings is 1. The Hall–Kier alpha value is -2.03. The third kappa shape index (κ3) is 5.06. The highest BCUT2D eigenvalue weighted by atomic mass is 35.5. The van der Waals surface area contributed by atoms with Crippen molar-refractivity contribution in [2.45, 2.75) is 19.1 Å². The molecule has 1 amide bonds. The number of aromatic amines is 1. The van der Waals surface area contributed by atoms with Gasteiger partial charge in [0.25, 0.3) is 0 Å². The molecule has 22 heavy (non-hydrogen) atoms. The molecule has 1 unspecified atom stereocenters. The Morgan fingerprint density at radius 1 is 1.41 bits per heavy atom. The van der Waals surface area contributed by atoms with Gasteiger partial charge in [-0.25, -0.2) is 0 Å².